The van der Waals surface area contributed by atoms with Crippen LogP contribution in [0.1, 0.15) is 35.2 Å². The Labute approximate surface area is 104 Å². The zero-order valence-electron chi connectivity index (χ0n) is 10.1. The normalized spacial score (nSPS) is 19.3. The largest absolute Gasteiger partial charge is 0.464 e. The van der Waals surface area contributed by atoms with E-state index in [2.05, 4.69) is 15.5 Å². The summed E-state index contributed by atoms with van der Waals surface area (Å²) in [6, 6.07) is 5.49. The molecule has 1 saturated heterocycles. The monoisotopic (exact) mass is 246 g/mol. The van der Waals surface area contributed by atoms with Crippen molar-refractivity contribution in [2.24, 2.45) is 0 Å². The summed E-state index contributed by atoms with van der Waals surface area (Å²) in [4.78, 5) is 11.8. The smallest absolute Gasteiger partial charge is 0.355 e. The van der Waals surface area contributed by atoms with E-state index in [1.807, 2.05) is 6.07 Å². The van der Waals surface area contributed by atoms with Crippen LogP contribution >= 0.6 is 0 Å². The molecule has 0 amide bonds. The molecular formula is C12H14N4O2. The number of carbonyl (C=O) groups excluding carboxylic acids is 1. The molecule has 6 nitrogen and oxygen atoms in total. The highest BCUT2D eigenvalue weighted by Gasteiger charge is 2.24. The average Bonchev–Trinajstić information content (AvgIpc) is 3.05. The first-order chi connectivity index (χ1) is 8.81. The number of hydrogen-bond acceptors (Lipinski definition) is 5. The summed E-state index contributed by atoms with van der Waals surface area (Å²) in [5.74, 6) is 0.406. The minimum atomic E-state index is -0.375. The number of aromatic nitrogens is 3. The lowest BCUT2D eigenvalue weighted by molar-refractivity contribution is 0.0591. The number of carbonyl (C=O) groups is 1. The molecule has 0 aromatic carbocycles. The first kappa shape index (κ1) is 11.2. The first-order valence-corrected chi connectivity index (χ1v) is 5.97. The molecule has 1 N–H and O–H groups in total. The van der Waals surface area contributed by atoms with Gasteiger partial charge in [-0.1, -0.05) is 6.07 Å². The zero-order chi connectivity index (χ0) is 12.5. The number of ether oxygens (including phenoxy) is 1. The van der Waals surface area contributed by atoms with E-state index in [-0.39, 0.29) is 12.0 Å². The van der Waals surface area contributed by atoms with Gasteiger partial charge in [0.2, 0.25) is 0 Å². The number of nitrogens with zero attached hydrogens (tertiary/aromatic N) is 3. The Morgan fingerprint density at radius 1 is 1.50 bits per heavy atom. The number of fused-ring (bicyclic) bond motifs is 1. The molecule has 2 aromatic rings. The van der Waals surface area contributed by atoms with Crippen molar-refractivity contribution >= 4 is 11.6 Å². The number of hydrogen-bond donors (Lipinski definition) is 1. The molecule has 0 saturated carbocycles. The van der Waals surface area contributed by atoms with E-state index in [0.717, 1.165) is 25.2 Å². The van der Waals surface area contributed by atoms with Crippen molar-refractivity contribution in [3.8, 4) is 0 Å². The van der Waals surface area contributed by atoms with Gasteiger partial charge < -0.3 is 10.1 Å². The molecule has 0 radical (unpaired) electrons. The first-order valence-electron chi connectivity index (χ1n) is 5.97. The van der Waals surface area contributed by atoms with Crippen molar-refractivity contribution in [3.63, 3.8) is 0 Å². The van der Waals surface area contributed by atoms with Crippen LogP contribution in [0.4, 0.5) is 0 Å². The van der Waals surface area contributed by atoms with Crippen LogP contribution in [0.2, 0.25) is 0 Å². The fourth-order valence-corrected chi connectivity index (χ4v) is 2.36. The zero-order valence-corrected chi connectivity index (χ0v) is 10.1. The van der Waals surface area contributed by atoms with Crippen LogP contribution in [-0.4, -0.2) is 34.2 Å². The maximum atomic E-state index is 11.8. The van der Waals surface area contributed by atoms with Crippen LogP contribution < -0.4 is 5.32 Å². The summed E-state index contributed by atoms with van der Waals surface area (Å²) in [7, 11) is 1.37. The van der Waals surface area contributed by atoms with Crippen molar-refractivity contribution in [1.29, 1.82) is 0 Å². The van der Waals surface area contributed by atoms with Gasteiger partial charge in [-0.05, 0) is 31.5 Å². The lowest BCUT2D eigenvalue weighted by Crippen LogP contribution is -2.18. The SMILES string of the molecule is COC(=O)c1cccc2nnc(C3CCCN3)n12. The summed E-state index contributed by atoms with van der Waals surface area (Å²) < 4.78 is 6.57. The molecule has 1 aliphatic rings. The van der Waals surface area contributed by atoms with Crippen molar-refractivity contribution in [2.75, 3.05) is 13.7 Å². The van der Waals surface area contributed by atoms with Gasteiger partial charge in [0.15, 0.2) is 11.5 Å². The molecule has 3 heterocycles. The van der Waals surface area contributed by atoms with Gasteiger partial charge in [0.05, 0.1) is 13.2 Å². The van der Waals surface area contributed by atoms with Gasteiger partial charge in [0.25, 0.3) is 0 Å². The van der Waals surface area contributed by atoms with Crippen LogP contribution in [0.3, 0.4) is 0 Å². The predicted octanol–water partition coefficient (Wildman–Crippen LogP) is 0.940. The van der Waals surface area contributed by atoms with Gasteiger partial charge in [-0.2, -0.15) is 0 Å². The number of methoxy groups -OCH3 is 1. The fourth-order valence-electron chi connectivity index (χ4n) is 2.36. The summed E-state index contributed by atoms with van der Waals surface area (Å²) in [6.07, 6.45) is 2.12. The van der Waals surface area contributed by atoms with E-state index in [4.69, 9.17) is 4.74 Å². The Morgan fingerprint density at radius 3 is 3.11 bits per heavy atom. The second kappa shape index (κ2) is 4.38. The summed E-state index contributed by atoms with van der Waals surface area (Å²) in [5, 5.41) is 11.7. The number of rotatable bonds is 2. The number of nitrogens with one attached hydrogen (secondary N) is 1. The summed E-state index contributed by atoms with van der Waals surface area (Å²) in [6.45, 7) is 0.972. The molecule has 1 atom stereocenters. The standard InChI is InChI=1S/C12H14N4O2/c1-18-12(17)9-5-2-6-10-14-15-11(16(9)10)8-4-3-7-13-8/h2,5-6,8,13H,3-4,7H2,1H3. The Balaban J connectivity index is 2.17. The van der Waals surface area contributed by atoms with Crippen LogP contribution in [0.5, 0.6) is 0 Å². The van der Waals surface area contributed by atoms with E-state index in [0.29, 0.717) is 11.3 Å². The molecule has 1 unspecified atom stereocenters. The van der Waals surface area contributed by atoms with E-state index >= 15 is 0 Å². The molecule has 0 spiro atoms. The van der Waals surface area contributed by atoms with Crippen molar-refractivity contribution in [1.82, 2.24) is 19.9 Å². The summed E-state index contributed by atoms with van der Waals surface area (Å²) >= 11 is 0. The van der Waals surface area contributed by atoms with Crippen molar-refractivity contribution in [3.05, 3.63) is 29.7 Å². The Kier molecular flexibility index (Phi) is 2.71. The Morgan fingerprint density at radius 2 is 2.39 bits per heavy atom. The number of esters is 1. The van der Waals surface area contributed by atoms with Crippen LogP contribution in [-0.2, 0) is 4.74 Å². The minimum Gasteiger partial charge on any atom is -0.464 e. The molecule has 0 aliphatic carbocycles. The second-order valence-electron chi connectivity index (χ2n) is 4.30. The highest BCUT2D eigenvalue weighted by atomic mass is 16.5. The van der Waals surface area contributed by atoms with E-state index < -0.39 is 0 Å². The summed E-state index contributed by atoms with van der Waals surface area (Å²) in [5.41, 5.74) is 1.13. The van der Waals surface area contributed by atoms with E-state index in [1.54, 1.807) is 16.5 Å². The molecule has 94 valence electrons. The Hall–Kier alpha value is -1.95. The third-order valence-corrected chi connectivity index (χ3v) is 3.22. The maximum Gasteiger partial charge on any atom is 0.355 e. The lowest BCUT2D eigenvalue weighted by Gasteiger charge is -2.10. The van der Waals surface area contributed by atoms with Gasteiger partial charge in [0, 0.05) is 0 Å². The quantitative estimate of drug-likeness (QED) is 0.799. The number of pyridine rings is 1. The van der Waals surface area contributed by atoms with Gasteiger partial charge >= 0.3 is 5.97 Å². The highest BCUT2D eigenvalue weighted by molar-refractivity contribution is 5.88. The molecule has 2 aromatic heterocycles. The predicted molar refractivity (Wildman–Crippen MR) is 64.3 cm³/mol. The van der Waals surface area contributed by atoms with Gasteiger partial charge in [-0.15, -0.1) is 10.2 Å². The lowest BCUT2D eigenvalue weighted by atomic mass is 10.2. The minimum absolute atomic E-state index is 0.158. The molecule has 1 aliphatic heterocycles. The molecule has 1 fully saturated rings. The Bertz CT molecular complexity index is 587. The molecule has 18 heavy (non-hydrogen) atoms. The third-order valence-electron chi connectivity index (χ3n) is 3.22. The van der Waals surface area contributed by atoms with E-state index in [1.165, 1.54) is 7.11 Å². The molecule has 6 heteroatoms. The fraction of sp³-hybridized carbons (Fsp3) is 0.417. The molecular weight excluding hydrogens is 232 g/mol. The highest BCUT2D eigenvalue weighted by Crippen LogP contribution is 2.23. The van der Waals surface area contributed by atoms with Crippen LogP contribution in [0.25, 0.3) is 5.65 Å². The van der Waals surface area contributed by atoms with E-state index in [9.17, 15) is 4.79 Å². The van der Waals surface area contributed by atoms with Gasteiger partial charge in [0.1, 0.15) is 5.69 Å². The van der Waals surface area contributed by atoms with Crippen molar-refractivity contribution < 1.29 is 9.53 Å². The third kappa shape index (κ3) is 1.65. The van der Waals surface area contributed by atoms with Crippen LogP contribution in [0, 0.1) is 0 Å². The molecule has 0 bridgehead atoms. The van der Waals surface area contributed by atoms with Gasteiger partial charge in [-0.3, -0.25) is 4.40 Å². The van der Waals surface area contributed by atoms with Crippen LogP contribution in [0.15, 0.2) is 18.2 Å². The average molecular weight is 246 g/mol. The van der Waals surface area contributed by atoms with Crippen molar-refractivity contribution in [2.45, 2.75) is 18.9 Å². The maximum absolute atomic E-state index is 11.8. The topological polar surface area (TPSA) is 68.5 Å². The second-order valence-corrected chi connectivity index (χ2v) is 4.30. The van der Waals surface area contributed by atoms with Gasteiger partial charge in [-0.25, -0.2) is 4.79 Å². The molecule has 3 rings (SSSR count).